The molecule has 0 saturated heterocycles. The number of hydrogen-bond acceptors (Lipinski definition) is 7. The molecule has 0 bridgehead atoms. The fourth-order valence-corrected chi connectivity index (χ4v) is 4.20. The minimum Gasteiger partial charge on any atom is -0.382 e. The fraction of sp³-hybridized carbons (Fsp3) is 0.130. The van der Waals surface area contributed by atoms with Crippen molar-refractivity contribution in [1.29, 1.82) is 0 Å². The van der Waals surface area contributed by atoms with Crippen LogP contribution >= 0.6 is 0 Å². The minimum atomic E-state index is -0.727. The molecular formula is C23H19FN10O. The van der Waals surface area contributed by atoms with E-state index in [0.29, 0.717) is 27.9 Å². The molecule has 0 saturated carbocycles. The van der Waals surface area contributed by atoms with Crippen LogP contribution in [0.1, 0.15) is 21.7 Å². The number of nitrogen functional groups attached to an aromatic ring is 1. The van der Waals surface area contributed by atoms with Gasteiger partial charge in [0.2, 0.25) is 0 Å². The molecule has 0 unspecified atom stereocenters. The van der Waals surface area contributed by atoms with Crippen molar-refractivity contribution in [2.24, 2.45) is 7.05 Å². The predicted molar refractivity (Wildman–Crippen MR) is 126 cm³/mol. The third kappa shape index (κ3) is 3.34. The molecule has 5 heterocycles. The Morgan fingerprint density at radius 1 is 1.23 bits per heavy atom. The van der Waals surface area contributed by atoms with Crippen molar-refractivity contribution in [3.8, 4) is 0 Å². The molecule has 0 fully saturated rings. The van der Waals surface area contributed by atoms with Crippen LogP contribution in [-0.4, -0.2) is 44.7 Å². The Kier molecular flexibility index (Phi) is 4.49. The Balaban J connectivity index is 1.48. The number of carbonyl (C=O) groups excluding carboxylic acids is 1. The predicted octanol–water partition coefficient (Wildman–Crippen LogP) is 2.54. The first-order chi connectivity index (χ1) is 16.9. The lowest BCUT2D eigenvalue weighted by Crippen LogP contribution is -2.32. The Bertz CT molecular complexity index is 1730. The summed E-state index contributed by atoms with van der Waals surface area (Å²) in [7, 11) is 1.64. The lowest BCUT2D eigenvalue weighted by molar-refractivity contribution is 0.0980. The van der Waals surface area contributed by atoms with Gasteiger partial charge in [-0.2, -0.15) is 9.90 Å². The highest BCUT2D eigenvalue weighted by Crippen LogP contribution is 2.26. The number of anilines is 2. The van der Waals surface area contributed by atoms with Gasteiger partial charge in [0, 0.05) is 25.5 Å². The molecule has 0 aliphatic rings. The number of nitrogens with zero attached hydrogens (tertiary/aromatic N) is 9. The van der Waals surface area contributed by atoms with E-state index in [9.17, 15) is 4.79 Å². The molecule has 0 atom stereocenters. The highest BCUT2D eigenvalue weighted by molar-refractivity contribution is 6.07. The minimum absolute atomic E-state index is 0.0657. The summed E-state index contributed by atoms with van der Waals surface area (Å²) in [5.41, 5.74) is 9.37. The average molecular weight is 470 g/mol. The summed E-state index contributed by atoms with van der Waals surface area (Å²) in [5, 5.41) is 8.35. The maximum absolute atomic E-state index is 15.3. The van der Waals surface area contributed by atoms with Gasteiger partial charge in [0.1, 0.15) is 29.1 Å². The number of imidazole rings is 2. The van der Waals surface area contributed by atoms with Gasteiger partial charge < -0.3 is 10.1 Å². The van der Waals surface area contributed by atoms with Gasteiger partial charge in [0.25, 0.3) is 5.91 Å². The number of amides is 1. The zero-order valence-electron chi connectivity index (χ0n) is 18.8. The monoisotopic (exact) mass is 470 g/mol. The smallest absolute Gasteiger partial charge is 0.262 e. The maximum Gasteiger partial charge on any atom is 0.262 e. The van der Waals surface area contributed by atoms with Crippen LogP contribution in [0.3, 0.4) is 0 Å². The van der Waals surface area contributed by atoms with E-state index in [-0.39, 0.29) is 23.7 Å². The van der Waals surface area contributed by atoms with Gasteiger partial charge in [-0.05, 0) is 25.1 Å². The summed E-state index contributed by atoms with van der Waals surface area (Å²) in [6.45, 7) is 1.87. The van der Waals surface area contributed by atoms with Crippen LogP contribution in [0.2, 0.25) is 0 Å². The van der Waals surface area contributed by atoms with Crippen LogP contribution in [0, 0.1) is 12.7 Å². The number of hydrogen-bond donors (Lipinski definition) is 1. The molecule has 0 radical (unpaired) electrons. The first-order valence-corrected chi connectivity index (χ1v) is 10.7. The second kappa shape index (κ2) is 7.58. The molecule has 0 aliphatic heterocycles. The van der Waals surface area contributed by atoms with E-state index >= 15 is 4.39 Å². The van der Waals surface area contributed by atoms with Crippen LogP contribution in [0.4, 0.5) is 16.0 Å². The second-order valence-electron chi connectivity index (χ2n) is 8.15. The molecule has 35 heavy (non-hydrogen) atoms. The molecule has 1 amide bonds. The van der Waals surface area contributed by atoms with Gasteiger partial charge >= 0.3 is 0 Å². The van der Waals surface area contributed by atoms with E-state index in [1.807, 2.05) is 35.0 Å². The number of nitrogens with two attached hydrogens (primary N) is 1. The van der Waals surface area contributed by atoms with E-state index in [0.717, 1.165) is 5.65 Å². The first-order valence-electron chi connectivity index (χ1n) is 10.7. The number of carbonyl (C=O) groups is 1. The molecule has 0 spiro atoms. The van der Waals surface area contributed by atoms with E-state index in [2.05, 4.69) is 25.1 Å². The van der Waals surface area contributed by atoms with Gasteiger partial charge in [-0.15, -0.1) is 5.10 Å². The van der Waals surface area contributed by atoms with Crippen molar-refractivity contribution >= 4 is 39.7 Å². The number of fused-ring (bicyclic) bond motifs is 4. The third-order valence-electron chi connectivity index (χ3n) is 5.83. The second-order valence-corrected chi connectivity index (χ2v) is 8.15. The number of rotatable bonds is 4. The zero-order valence-corrected chi connectivity index (χ0v) is 18.8. The SMILES string of the molecule is Cc1ncn2c1c(N)nc1cc(F)c(C(=O)N(Cc3cn4ccccc4n3)c3cnn(C)n3)cc12. The molecule has 5 aromatic heterocycles. The van der Waals surface area contributed by atoms with Gasteiger partial charge in [0.05, 0.1) is 40.7 Å². The molecule has 12 heteroatoms. The quantitative estimate of drug-likeness (QED) is 0.420. The van der Waals surface area contributed by atoms with E-state index in [4.69, 9.17) is 5.73 Å². The number of benzene rings is 1. The Hall–Kier alpha value is -4.87. The van der Waals surface area contributed by atoms with Crippen LogP contribution in [0.25, 0.3) is 22.2 Å². The van der Waals surface area contributed by atoms with Crippen LogP contribution < -0.4 is 10.6 Å². The van der Waals surface area contributed by atoms with Gasteiger partial charge in [0.15, 0.2) is 5.82 Å². The van der Waals surface area contributed by atoms with Crippen LogP contribution in [-0.2, 0) is 13.6 Å². The third-order valence-corrected chi connectivity index (χ3v) is 5.83. The summed E-state index contributed by atoms with van der Waals surface area (Å²) >= 11 is 0. The Labute approximate surface area is 197 Å². The number of halogens is 1. The van der Waals surface area contributed by atoms with Crippen molar-refractivity contribution in [3.05, 3.63) is 78.0 Å². The van der Waals surface area contributed by atoms with Gasteiger partial charge in [-0.25, -0.2) is 19.3 Å². The fourth-order valence-electron chi connectivity index (χ4n) is 4.20. The topological polar surface area (TPSA) is 125 Å². The molecule has 11 nitrogen and oxygen atoms in total. The number of aromatic nitrogens is 8. The van der Waals surface area contributed by atoms with Crippen molar-refractivity contribution in [1.82, 2.24) is 38.7 Å². The maximum atomic E-state index is 15.3. The highest BCUT2D eigenvalue weighted by Gasteiger charge is 2.26. The van der Waals surface area contributed by atoms with E-state index < -0.39 is 11.7 Å². The molecule has 174 valence electrons. The number of pyridine rings is 1. The van der Waals surface area contributed by atoms with Crippen molar-refractivity contribution < 1.29 is 9.18 Å². The van der Waals surface area contributed by atoms with E-state index in [1.54, 1.807) is 24.7 Å². The van der Waals surface area contributed by atoms with Crippen LogP contribution in [0.15, 0.2) is 55.2 Å². The largest absolute Gasteiger partial charge is 0.382 e. The lowest BCUT2D eigenvalue weighted by atomic mass is 10.1. The molecule has 0 aliphatic carbocycles. The average Bonchev–Trinajstić information content (AvgIpc) is 3.55. The van der Waals surface area contributed by atoms with Crippen LogP contribution in [0.5, 0.6) is 0 Å². The van der Waals surface area contributed by atoms with Gasteiger partial charge in [-0.1, -0.05) is 6.07 Å². The standard InChI is InChI=1S/C23H19FN10O/c1-13-21-22(25)29-17-8-16(24)15(7-18(17)34(21)12-26-13)23(35)33(20-9-27-31(2)30-20)11-14-10-32-6-4-3-5-19(32)28-14/h3-10,12H,11H2,1-2H3,(H2,25,29). The number of aryl methyl sites for hydroxylation is 2. The summed E-state index contributed by atoms with van der Waals surface area (Å²) < 4.78 is 18.8. The summed E-state index contributed by atoms with van der Waals surface area (Å²) in [6, 6.07) is 8.28. The van der Waals surface area contributed by atoms with E-state index in [1.165, 1.54) is 28.0 Å². The molecular weight excluding hydrogens is 451 g/mol. The van der Waals surface area contributed by atoms with Crippen molar-refractivity contribution in [2.45, 2.75) is 13.5 Å². The lowest BCUT2D eigenvalue weighted by Gasteiger charge is -2.19. The summed E-state index contributed by atoms with van der Waals surface area (Å²) in [6.07, 6.45) is 6.70. The molecule has 2 N–H and O–H groups in total. The molecule has 1 aromatic carbocycles. The van der Waals surface area contributed by atoms with Crippen molar-refractivity contribution in [2.75, 3.05) is 10.6 Å². The normalized spacial score (nSPS) is 11.6. The first kappa shape index (κ1) is 20.7. The molecule has 6 aromatic rings. The molecule has 6 rings (SSSR count). The zero-order chi connectivity index (χ0) is 24.3. The Morgan fingerprint density at radius 2 is 2.09 bits per heavy atom. The van der Waals surface area contributed by atoms with Gasteiger partial charge in [-0.3, -0.25) is 14.1 Å². The Morgan fingerprint density at radius 3 is 2.86 bits per heavy atom. The van der Waals surface area contributed by atoms with Crippen molar-refractivity contribution in [3.63, 3.8) is 0 Å². The highest BCUT2D eigenvalue weighted by atomic mass is 19.1. The summed E-state index contributed by atoms with van der Waals surface area (Å²) in [5.74, 6) is -0.814. The summed E-state index contributed by atoms with van der Waals surface area (Å²) in [4.78, 5) is 29.6.